The third kappa shape index (κ3) is 5.37. The summed E-state index contributed by atoms with van der Waals surface area (Å²) in [6, 6.07) is 7.63. The minimum absolute atomic E-state index is 0.0431. The summed E-state index contributed by atoms with van der Waals surface area (Å²) in [4.78, 5) is 13.6. The fourth-order valence-electron chi connectivity index (χ4n) is 4.83. The van der Waals surface area contributed by atoms with E-state index in [1.165, 1.54) is 31.2 Å². The number of rotatable bonds is 6. The molecule has 42 heavy (non-hydrogen) atoms. The number of aliphatic hydroxyl groups excluding tert-OH is 6. The van der Waals surface area contributed by atoms with Crippen LogP contribution in [0, 0.1) is 0 Å². The lowest BCUT2D eigenvalue weighted by Crippen LogP contribution is -2.61. The summed E-state index contributed by atoms with van der Waals surface area (Å²) < 4.78 is 27.9. The van der Waals surface area contributed by atoms with Crippen molar-refractivity contribution < 1.29 is 69.3 Å². The molecule has 0 amide bonds. The third-order valence-corrected chi connectivity index (χ3v) is 7.20. The largest absolute Gasteiger partial charge is 0.508 e. The summed E-state index contributed by atoms with van der Waals surface area (Å²) in [7, 11) is 0. The van der Waals surface area contributed by atoms with Crippen molar-refractivity contribution in [2.24, 2.45) is 0 Å². The Hall–Kier alpha value is -3.51. The van der Waals surface area contributed by atoms with E-state index in [0.717, 1.165) is 12.1 Å². The van der Waals surface area contributed by atoms with Crippen LogP contribution in [-0.2, 0) is 14.2 Å². The van der Waals surface area contributed by atoms with Crippen molar-refractivity contribution in [3.63, 3.8) is 0 Å². The molecule has 0 unspecified atom stereocenters. The van der Waals surface area contributed by atoms with Crippen LogP contribution >= 0.6 is 0 Å². The Morgan fingerprint density at radius 3 is 2.17 bits per heavy atom. The van der Waals surface area contributed by atoms with Gasteiger partial charge in [-0.1, -0.05) is 12.1 Å². The number of fused-ring (bicyclic) bond motifs is 1. The average Bonchev–Trinajstić information content (AvgIpc) is 2.95. The van der Waals surface area contributed by atoms with E-state index in [4.69, 9.17) is 23.4 Å². The maximum Gasteiger partial charge on any atom is 0.239 e. The Labute approximate surface area is 236 Å². The Balaban J connectivity index is 1.47. The average molecular weight is 595 g/mol. The van der Waals surface area contributed by atoms with Crippen LogP contribution in [0.3, 0.4) is 0 Å². The molecule has 10 atom stereocenters. The van der Waals surface area contributed by atoms with E-state index < -0.39 is 96.1 Å². The van der Waals surface area contributed by atoms with E-state index in [9.17, 15) is 50.8 Å². The van der Waals surface area contributed by atoms with Gasteiger partial charge in [-0.2, -0.15) is 0 Å². The quantitative estimate of drug-likeness (QED) is 0.159. The third-order valence-electron chi connectivity index (χ3n) is 7.20. The van der Waals surface area contributed by atoms with E-state index in [0.29, 0.717) is 0 Å². The minimum Gasteiger partial charge on any atom is -0.508 e. The number of ether oxygens (including phenoxy) is 4. The van der Waals surface area contributed by atoms with E-state index in [1.807, 2.05) is 0 Å². The van der Waals surface area contributed by atoms with Crippen LogP contribution in [0.2, 0.25) is 0 Å². The van der Waals surface area contributed by atoms with Crippen molar-refractivity contribution in [1.82, 2.24) is 0 Å². The van der Waals surface area contributed by atoms with Gasteiger partial charge in [0.05, 0.1) is 18.3 Å². The normalized spacial score (nSPS) is 33.5. The lowest BCUT2D eigenvalue weighted by Gasteiger charge is -2.42. The van der Waals surface area contributed by atoms with Gasteiger partial charge in [0.25, 0.3) is 0 Å². The molecule has 5 rings (SSSR count). The summed E-state index contributed by atoms with van der Waals surface area (Å²) in [5, 5.41) is 92.1. The summed E-state index contributed by atoms with van der Waals surface area (Å²) in [5.41, 5.74) is -1.29. The topological polar surface area (TPSA) is 249 Å². The van der Waals surface area contributed by atoms with Gasteiger partial charge in [-0.15, -0.1) is 0 Å². The number of hydrogen-bond acceptors (Lipinski definition) is 15. The van der Waals surface area contributed by atoms with Crippen LogP contribution < -0.4 is 10.2 Å². The summed E-state index contributed by atoms with van der Waals surface area (Å²) in [5.74, 6) is -2.45. The number of phenolic OH excluding ortho intramolecular Hbond substituents is 3. The Morgan fingerprint density at radius 1 is 0.786 bits per heavy atom. The summed E-state index contributed by atoms with van der Waals surface area (Å²) >= 11 is 0. The van der Waals surface area contributed by atoms with Gasteiger partial charge in [0.2, 0.25) is 17.5 Å². The Bertz CT molecular complexity index is 1490. The molecule has 0 bridgehead atoms. The molecule has 15 nitrogen and oxygen atoms in total. The van der Waals surface area contributed by atoms with Gasteiger partial charge < -0.3 is 69.3 Å². The predicted octanol–water partition coefficient (Wildman–Crippen LogP) is -1.39. The molecule has 2 aromatic carbocycles. The second-order valence-electron chi connectivity index (χ2n) is 10.1. The smallest absolute Gasteiger partial charge is 0.239 e. The zero-order chi connectivity index (χ0) is 30.5. The molecule has 0 radical (unpaired) electrons. The fraction of sp³-hybridized carbons (Fsp3) is 0.444. The standard InChI is InChI=1S/C27H30O15/c1-9-17(31)20(34)22(36)26(39-9)38-8-15-18(32)21(35)23(37)27(41-15)42-25-19(33)16-13(30)6-10(28)7-14(16)40-24(25)11-4-2-3-5-12(11)29/h2-7,9,15,17-18,20-23,26-32,34-37H,8H2,1H3/t9-,15-,17+,18-,20-,21-,22-,23+,26-,27+/m1/s1. The molecule has 2 aliphatic heterocycles. The first-order chi connectivity index (χ1) is 19.9. The molecule has 3 aromatic rings. The molecule has 9 N–H and O–H groups in total. The first-order valence-corrected chi connectivity index (χ1v) is 12.9. The first kappa shape index (κ1) is 30.0. The Morgan fingerprint density at radius 2 is 1.45 bits per heavy atom. The van der Waals surface area contributed by atoms with Crippen LogP contribution in [-0.4, -0.2) is 114 Å². The van der Waals surface area contributed by atoms with Crippen molar-refractivity contribution in [3.8, 4) is 34.3 Å². The molecule has 0 spiro atoms. The van der Waals surface area contributed by atoms with Gasteiger partial charge >= 0.3 is 0 Å². The zero-order valence-corrected chi connectivity index (χ0v) is 21.9. The van der Waals surface area contributed by atoms with Gasteiger partial charge in [-0.05, 0) is 19.1 Å². The van der Waals surface area contributed by atoms with Gasteiger partial charge in [-0.25, -0.2) is 0 Å². The molecular weight excluding hydrogens is 564 g/mol. The molecule has 3 heterocycles. The highest BCUT2D eigenvalue weighted by molar-refractivity contribution is 5.88. The number of hydrogen-bond donors (Lipinski definition) is 9. The van der Waals surface area contributed by atoms with Crippen LogP contribution in [0.5, 0.6) is 23.0 Å². The molecule has 2 saturated heterocycles. The number of aromatic hydroxyl groups is 3. The minimum atomic E-state index is -1.94. The van der Waals surface area contributed by atoms with Gasteiger partial charge in [0, 0.05) is 12.1 Å². The fourth-order valence-corrected chi connectivity index (χ4v) is 4.83. The monoisotopic (exact) mass is 594 g/mol. The zero-order valence-electron chi connectivity index (χ0n) is 21.9. The van der Waals surface area contributed by atoms with Gasteiger partial charge in [0.1, 0.15) is 70.9 Å². The lowest BCUT2D eigenvalue weighted by molar-refractivity contribution is -0.318. The van der Waals surface area contributed by atoms with E-state index in [-0.39, 0.29) is 22.7 Å². The van der Waals surface area contributed by atoms with Crippen molar-refractivity contribution in [1.29, 1.82) is 0 Å². The van der Waals surface area contributed by atoms with Crippen molar-refractivity contribution in [2.75, 3.05) is 6.61 Å². The molecular formula is C27H30O15. The van der Waals surface area contributed by atoms with Gasteiger partial charge in [0.15, 0.2) is 12.1 Å². The second-order valence-corrected chi connectivity index (χ2v) is 10.1. The number of benzene rings is 2. The highest BCUT2D eigenvalue weighted by Crippen LogP contribution is 2.40. The SMILES string of the molecule is C[C@H]1O[C@@H](OC[C@H]2O[C@@H](Oc3c(-c4ccccc4O)oc4cc(O)cc(O)c4c3=O)[C@@H](O)[C@H](O)[C@@H]2O)[C@H](O)[C@H](O)[C@H]1O. The van der Waals surface area contributed by atoms with Crippen LogP contribution in [0.15, 0.2) is 45.6 Å². The van der Waals surface area contributed by atoms with Crippen LogP contribution in [0.25, 0.3) is 22.3 Å². The highest BCUT2D eigenvalue weighted by atomic mass is 16.7. The van der Waals surface area contributed by atoms with Crippen molar-refractivity contribution in [3.05, 3.63) is 46.6 Å². The molecule has 1 aromatic heterocycles. The predicted molar refractivity (Wildman–Crippen MR) is 139 cm³/mol. The maximum absolute atomic E-state index is 13.6. The molecule has 0 saturated carbocycles. The maximum atomic E-state index is 13.6. The highest BCUT2D eigenvalue weighted by Gasteiger charge is 2.47. The molecule has 2 fully saturated rings. The van der Waals surface area contributed by atoms with Crippen LogP contribution in [0.1, 0.15) is 6.92 Å². The molecule has 15 heteroatoms. The summed E-state index contributed by atoms with van der Waals surface area (Å²) in [6.07, 6.45) is -15.9. The van der Waals surface area contributed by atoms with Crippen molar-refractivity contribution >= 4 is 11.0 Å². The van der Waals surface area contributed by atoms with Crippen LogP contribution in [0.4, 0.5) is 0 Å². The first-order valence-electron chi connectivity index (χ1n) is 12.9. The lowest BCUT2D eigenvalue weighted by atomic mass is 9.98. The number of para-hydroxylation sites is 1. The summed E-state index contributed by atoms with van der Waals surface area (Å²) in [6.45, 7) is 0.850. The molecule has 2 aliphatic rings. The van der Waals surface area contributed by atoms with Gasteiger partial charge in [-0.3, -0.25) is 4.79 Å². The van der Waals surface area contributed by atoms with E-state index >= 15 is 0 Å². The second kappa shape index (κ2) is 11.6. The molecule has 228 valence electrons. The number of phenols is 3. The Kier molecular flexibility index (Phi) is 8.30. The molecule has 0 aliphatic carbocycles. The number of aliphatic hydroxyl groups is 6. The van der Waals surface area contributed by atoms with Crippen molar-refractivity contribution in [2.45, 2.75) is 68.3 Å². The van der Waals surface area contributed by atoms with E-state index in [1.54, 1.807) is 0 Å². The van der Waals surface area contributed by atoms with E-state index in [2.05, 4.69) is 0 Å².